The average molecular weight is 528 g/mol. The second-order valence-corrected chi connectivity index (χ2v) is 10.3. The number of halogens is 2. The molecule has 0 atom stereocenters. The van der Waals surface area contributed by atoms with Crippen molar-refractivity contribution >= 4 is 50.1 Å². The second kappa shape index (κ2) is 9.70. The van der Waals surface area contributed by atoms with E-state index in [0.29, 0.717) is 27.7 Å². The molecule has 0 radical (unpaired) electrons. The first-order chi connectivity index (χ1) is 16.7. The standard InChI is InChI=1S/C25H19Cl2N3O4S/c1-3-34-25(31)24-23(27)20(21(26)14-29-24)12-17-11-19-15(2)9-16(13-28)10-22(19)30(17)35(32,33)18-7-5-4-6-8-18/h4-11,14H,3,12H2,1-2H3. The van der Waals surface area contributed by atoms with Gasteiger partial charge in [-0.25, -0.2) is 22.2 Å². The van der Waals surface area contributed by atoms with Crippen molar-refractivity contribution in [2.45, 2.75) is 25.2 Å². The molecule has 35 heavy (non-hydrogen) atoms. The number of hydrogen-bond acceptors (Lipinski definition) is 6. The lowest BCUT2D eigenvalue weighted by molar-refractivity contribution is 0.0519. The summed E-state index contributed by atoms with van der Waals surface area (Å²) in [4.78, 5) is 16.4. The Hall–Kier alpha value is -3.38. The molecule has 178 valence electrons. The minimum atomic E-state index is -4.06. The number of pyridine rings is 1. The predicted octanol–water partition coefficient (Wildman–Crippen LogP) is 5.53. The van der Waals surface area contributed by atoms with Crippen molar-refractivity contribution in [3.8, 4) is 6.07 Å². The Morgan fingerprint density at radius 2 is 1.89 bits per heavy atom. The summed E-state index contributed by atoms with van der Waals surface area (Å²) in [7, 11) is -4.06. The maximum Gasteiger partial charge on any atom is 0.358 e. The zero-order valence-corrected chi connectivity index (χ0v) is 21.1. The first kappa shape index (κ1) is 24.7. The Morgan fingerprint density at radius 1 is 1.17 bits per heavy atom. The lowest BCUT2D eigenvalue weighted by atomic mass is 10.1. The van der Waals surface area contributed by atoms with Gasteiger partial charge in [0.2, 0.25) is 0 Å². The van der Waals surface area contributed by atoms with Crippen molar-refractivity contribution in [3.05, 3.63) is 92.9 Å². The number of fused-ring (bicyclic) bond motifs is 1. The molecule has 0 fully saturated rings. The molecule has 0 saturated heterocycles. The molecule has 4 aromatic rings. The molecule has 0 aliphatic heterocycles. The summed E-state index contributed by atoms with van der Waals surface area (Å²) in [6, 6.07) is 15.0. The number of hydrogen-bond donors (Lipinski definition) is 0. The van der Waals surface area contributed by atoms with Crippen LogP contribution in [0.2, 0.25) is 10.0 Å². The summed E-state index contributed by atoms with van der Waals surface area (Å²) in [6.45, 7) is 3.60. The van der Waals surface area contributed by atoms with Gasteiger partial charge in [-0.15, -0.1) is 0 Å². The van der Waals surface area contributed by atoms with Crippen LogP contribution in [-0.4, -0.2) is 30.0 Å². The van der Waals surface area contributed by atoms with Crippen LogP contribution in [0.1, 0.15) is 39.8 Å². The van der Waals surface area contributed by atoms with Crippen LogP contribution in [0.3, 0.4) is 0 Å². The highest BCUT2D eigenvalue weighted by molar-refractivity contribution is 7.90. The van der Waals surface area contributed by atoms with Crippen LogP contribution in [0, 0.1) is 18.3 Å². The van der Waals surface area contributed by atoms with Crippen molar-refractivity contribution in [2.75, 3.05) is 6.61 Å². The van der Waals surface area contributed by atoms with E-state index in [1.54, 1.807) is 44.2 Å². The number of nitriles is 1. The number of carbonyl (C=O) groups excluding carboxylic acids is 1. The Bertz CT molecular complexity index is 1610. The number of benzene rings is 2. The van der Waals surface area contributed by atoms with Crippen LogP contribution < -0.4 is 0 Å². The number of nitrogens with zero attached hydrogens (tertiary/aromatic N) is 3. The molecule has 10 heteroatoms. The van der Waals surface area contributed by atoms with Gasteiger partial charge in [0, 0.05) is 23.7 Å². The Balaban J connectivity index is 1.99. The summed E-state index contributed by atoms with van der Waals surface area (Å²) in [6.07, 6.45) is 1.27. The van der Waals surface area contributed by atoms with E-state index in [0.717, 1.165) is 5.56 Å². The largest absolute Gasteiger partial charge is 0.461 e. The van der Waals surface area contributed by atoms with Crippen LogP contribution in [-0.2, 0) is 21.2 Å². The van der Waals surface area contributed by atoms with Crippen LogP contribution in [0.15, 0.2) is 59.6 Å². The van der Waals surface area contributed by atoms with Crippen LogP contribution in [0.4, 0.5) is 0 Å². The fraction of sp³-hybridized carbons (Fsp3) is 0.160. The molecule has 0 bridgehead atoms. The van der Waals surface area contributed by atoms with Gasteiger partial charge in [-0.1, -0.05) is 41.4 Å². The van der Waals surface area contributed by atoms with E-state index in [-0.39, 0.29) is 33.7 Å². The summed E-state index contributed by atoms with van der Waals surface area (Å²) in [5, 5.41) is 10.3. The van der Waals surface area contributed by atoms with Gasteiger partial charge in [0.15, 0.2) is 5.69 Å². The first-order valence-electron chi connectivity index (χ1n) is 10.5. The van der Waals surface area contributed by atoms with Crippen molar-refractivity contribution in [1.82, 2.24) is 8.96 Å². The zero-order valence-electron chi connectivity index (χ0n) is 18.7. The van der Waals surface area contributed by atoms with Crippen LogP contribution >= 0.6 is 23.2 Å². The van der Waals surface area contributed by atoms with Crippen molar-refractivity contribution in [2.24, 2.45) is 0 Å². The molecule has 0 unspecified atom stereocenters. The number of esters is 1. The highest BCUT2D eigenvalue weighted by Crippen LogP contribution is 2.34. The van der Waals surface area contributed by atoms with E-state index in [1.807, 2.05) is 0 Å². The maximum atomic E-state index is 13.8. The predicted molar refractivity (Wildman–Crippen MR) is 133 cm³/mol. The molecule has 0 N–H and O–H groups in total. The Morgan fingerprint density at radius 3 is 2.54 bits per heavy atom. The minimum Gasteiger partial charge on any atom is -0.461 e. The summed E-state index contributed by atoms with van der Waals surface area (Å²) < 4.78 is 33.8. The number of aryl methyl sites for hydroxylation is 1. The van der Waals surface area contributed by atoms with Gasteiger partial charge in [0.05, 0.1) is 38.7 Å². The van der Waals surface area contributed by atoms with Crippen molar-refractivity contribution in [1.29, 1.82) is 5.26 Å². The molecule has 2 heterocycles. The molecule has 0 spiro atoms. The second-order valence-electron chi connectivity index (χ2n) is 7.70. The minimum absolute atomic E-state index is 0.0145. The SMILES string of the molecule is CCOC(=O)c1ncc(Cl)c(Cc2cc3c(C)cc(C#N)cc3n2S(=O)(=O)c2ccccc2)c1Cl. The van der Waals surface area contributed by atoms with Gasteiger partial charge in [-0.3, -0.25) is 0 Å². The first-order valence-corrected chi connectivity index (χ1v) is 12.7. The number of rotatable bonds is 6. The third-order valence-electron chi connectivity index (χ3n) is 5.46. The number of ether oxygens (including phenoxy) is 1. The maximum absolute atomic E-state index is 13.8. The van der Waals surface area contributed by atoms with Gasteiger partial charge in [0.25, 0.3) is 10.0 Å². The lowest BCUT2D eigenvalue weighted by Crippen LogP contribution is -2.16. The van der Waals surface area contributed by atoms with Gasteiger partial charge in [-0.05, 0) is 55.3 Å². The molecule has 0 aliphatic rings. The zero-order chi connectivity index (χ0) is 25.3. The van der Waals surface area contributed by atoms with Crippen molar-refractivity contribution in [3.63, 3.8) is 0 Å². The molecular weight excluding hydrogens is 509 g/mol. The molecule has 2 aromatic heterocycles. The smallest absolute Gasteiger partial charge is 0.358 e. The molecular formula is C25H19Cl2N3O4S. The fourth-order valence-electron chi connectivity index (χ4n) is 3.87. The fourth-order valence-corrected chi connectivity index (χ4v) is 5.97. The van der Waals surface area contributed by atoms with E-state index in [2.05, 4.69) is 11.1 Å². The molecule has 0 amide bonds. The van der Waals surface area contributed by atoms with E-state index in [4.69, 9.17) is 27.9 Å². The number of carbonyl (C=O) groups is 1. The quantitative estimate of drug-likeness (QED) is 0.305. The topological polar surface area (TPSA) is 102 Å². The molecule has 4 rings (SSSR count). The lowest BCUT2D eigenvalue weighted by Gasteiger charge is -2.14. The van der Waals surface area contributed by atoms with Crippen molar-refractivity contribution < 1.29 is 17.9 Å². The van der Waals surface area contributed by atoms with Gasteiger partial charge in [-0.2, -0.15) is 5.26 Å². The molecule has 2 aromatic carbocycles. The van der Waals surface area contributed by atoms with Crippen LogP contribution in [0.25, 0.3) is 10.9 Å². The Labute approximate surface area is 212 Å². The third kappa shape index (κ3) is 4.50. The summed E-state index contributed by atoms with van der Waals surface area (Å²) >= 11 is 12.9. The van der Waals surface area contributed by atoms with E-state index in [1.165, 1.54) is 28.4 Å². The van der Waals surface area contributed by atoms with Gasteiger partial charge >= 0.3 is 5.97 Å². The third-order valence-corrected chi connectivity index (χ3v) is 7.97. The highest BCUT2D eigenvalue weighted by atomic mass is 35.5. The molecule has 0 aliphatic carbocycles. The van der Waals surface area contributed by atoms with Gasteiger partial charge in [0.1, 0.15) is 0 Å². The Kier molecular flexibility index (Phi) is 6.86. The summed E-state index contributed by atoms with van der Waals surface area (Å²) in [5.41, 5.74) is 2.00. The van der Waals surface area contributed by atoms with E-state index < -0.39 is 16.0 Å². The molecule has 0 saturated carbocycles. The normalized spacial score (nSPS) is 11.4. The molecule has 7 nitrogen and oxygen atoms in total. The highest BCUT2D eigenvalue weighted by Gasteiger charge is 2.26. The summed E-state index contributed by atoms with van der Waals surface area (Å²) in [5.74, 6) is -0.706. The van der Waals surface area contributed by atoms with Gasteiger partial charge < -0.3 is 4.74 Å². The van der Waals surface area contributed by atoms with E-state index in [9.17, 15) is 18.5 Å². The number of aromatic nitrogens is 2. The van der Waals surface area contributed by atoms with Crippen LogP contribution in [0.5, 0.6) is 0 Å². The average Bonchev–Trinajstić information content (AvgIpc) is 3.21. The van der Waals surface area contributed by atoms with E-state index >= 15 is 0 Å². The monoisotopic (exact) mass is 527 g/mol.